The third kappa shape index (κ3) is 4.18. The van der Waals surface area contributed by atoms with Crippen LogP contribution in [0.4, 0.5) is 5.69 Å². The van der Waals surface area contributed by atoms with E-state index in [1.54, 1.807) is 11.3 Å². The first-order valence-electron chi connectivity index (χ1n) is 8.30. The van der Waals surface area contributed by atoms with E-state index in [9.17, 15) is 9.90 Å². The Morgan fingerprint density at radius 3 is 2.46 bits per heavy atom. The summed E-state index contributed by atoms with van der Waals surface area (Å²) in [5, 5.41) is 10.1. The van der Waals surface area contributed by atoms with Gasteiger partial charge in [-0.1, -0.05) is 53.8 Å². The normalized spacial score (nSPS) is 11.6. The van der Waals surface area contributed by atoms with Crippen LogP contribution in [0.1, 0.15) is 10.6 Å². The Hall–Kier alpha value is -2.92. The highest BCUT2D eigenvalue weighted by molar-refractivity contribution is 7.18. The van der Waals surface area contributed by atoms with E-state index < -0.39 is 5.97 Å². The van der Waals surface area contributed by atoms with Gasteiger partial charge in [-0.25, -0.2) is 4.79 Å². The van der Waals surface area contributed by atoms with Crippen LogP contribution in [0.2, 0.25) is 0 Å². The number of aliphatic carboxylic acids is 1. The molecular formula is C21H21N2O2S+. The van der Waals surface area contributed by atoms with Crippen molar-refractivity contribution in [1.29, 1.82) is 0 Å². The molecule has 0 aliphatic heterocycles. The lowest BCUT2D eigenvalue weighted by Crippen LogP contribution is -2.39. The molecule has 1 heterocycles. The fraction of sp³-hybridized carbons (Fsp3) is 0.143. The average Bonchev–Trinajstić information content (AvgIpc) is 2.96. The SMILES string of the molecule is CN(C)c1ccc(C=CC=Cc2sc3ccccc3[n+]2CC(=O)O)cc1. The van der Waals surface area contributed by atoms with Crippen molar-refractivity contribution in [1.82, 2.24) is 0 Å². The van der Waals surface area contributed by atoms with Crippen LogP contribution < -0.4 is 9.47 Å². The third-order valence-corrected chi connectivity index (χ3v) is 5.11. The zero-order valence-corrected chi connectivity index (χ0v) is 15.6. The van der Waals surface area contributed by atoms with Gasteiger partial charge in [0.1, 0.15) is 4.70 Å². The molecular weight excluding hydrogens is 344 g/mol. The summed E-state index contributed by atoms with van der Waals surface area (Å²) in [6.07, 6.45) is 7.91. The number of hydrogen-bond donors (Lipinski definition) is 1. The van der Waals surface area contributed by atoms with Crippen molar-refractivity contribution in [2.24, 2.45) is 0 Å². The van der Waals surface area contributed by atoms with Crippen molar-refractivity contribution >= 4 is 45.4 Å². The van der Waals surface area contributed by atoms with E-state index in [4.69, 9.17) is 0 Å². The second-order valence-corrected chi connectivity index (χ2v) is 7.15. The molecule has 26 heavy (non-hydrogen) atoms. The summed E-state index contributed by atoms with van der Waals surface area (Å²) < 4.78 is 2.91. The van der Waals surface area contributed by atoms with Gasteiger partial charge in [-0.05, 0) is 23.8 Å². The minimum Gasteiger partial charge on any atom is -0.477 e. The van der Waals surface area contributed by atoms with Gasteiger partial charge in [-0.2, -0.15) is 4.57 Å². The van der Waals surface area contributed by atoms with Gasteiger partial charge in [0.15, 0.2) is 0 Å². The fourth-order valence-electron chi connectivity index (χ4n) is 2.66. The molecule has 0 aliphatic rings. The summed E-state index contributed by atoms with van der Waals surface area (Å²) >= 11 is 1.59. The van der Waals surface area contributed by atoms with Crippen molar-refractivity contribution in [2.45, 2.75) is 6.54 Å². The molecule has 0 radical (unpaired) electrons. The molecule has 1 N–H and O–H groups in total. The third-order valence-electron chi connectivity index (χ3n) is 3.98. The maximum Gasteiger partial charge on any atom is 0.370 e. The molecule has 3 aromatic rings. The maximum absolute atomic E-state index is 11.2. The van der Waals surface area contributed by atoms with Gasteiger partial charge in [0.2, 0.25) is 12.1 Å². The molecule has 5 heteroatoms. The number of allylic oxidation sites excluding steroid dienone is 2. The number of para-hydroxylation sites is 1. The van der Waals surface area contributed by atoms with E-state index in [2.05, 4.69) is 29.2 Å². The zero-order chi connectivity index (χ0) is 18.5. The van der Waals surface area contributed by atoms with Gasteiger partial charge >= 0.3 is 5.97 Å². The Bertz CT molecular complexity index is 969. The monoisotopic (exact) mass is 365 g/mol. The first-order valence-corrected chi connectivity index (χ1v) is 9.11. The van der Waals surface area contributed by atoms with Gasteiger partial charge in [0, 0.05) is 31.9 Å². The van der Waals surface area contributed by atoms with E-state index in [0.717, 1.165) is 26.5 Å². The number of thiazole rings is 1. The number of aromatic nitrogens is 1. The van der Waals surface area contributed by atoms with Crippen LogP contribution in [0.5, 0.6) is 0 Å². The molecule has 0 amide bonds. The zero-order valence-electron chi connectivity index (χ0n) is 14.8. The van der Waals surface area contributed by atoms with E-state index in [1.165, 1.54) is 0 Å². The second kappa shape index (κ2) is 7.97. The molecule has 0 bridgehead atoms. The van der Waals surface area contributed by atoms with Crippen molar-refractivity contribution in [3.05, 3.63) is 71.3 Å². The lowest BCUT2D eigenvalue weighted by molar-refractivity contribution is -0.657. The molecule has 0 saturated heterocycles. The highest BCUT2D eigenvalue weighted by Crippen LogP contribution is 2.21. The predicted octanol–water partition coefficient (Wildman–Crippen LogP) is 4.07. The van der Waals surface area contributed by atoms with Gasteiger partial charge in [0.25, 0.3) is 5.01 Å². The van der Waals surface area contributed by atoms with E-state index in [0.29, 0.717) is 0 Å². The number of rotatable bonds is 6. The Morgan fingerprint density at radius 1 is 1.08 bits per heavy atom. The van der Waals surface area contributed by atoms with Gasteiger partial charge in [-0.3, -0.25) is 0 Å². The number of carbonyl (C=O) groups is 1. The van der Waals surface area contributed by atoms with Crippen molar-refractivity contribution in [2.75, 3.05) is 19.0 Å². The summed E-state index contributed by atoms with van der Waals surface area (Å²) in [6, 6.07) is 16.2. The fourth-order valence-corrected chi connectivity index (χ4v) is 3.74. The van der Waals surface area contributed by atoms with Crippen LogP contribution in [0.3, 0.4) is 0 Å². The Balaban J connectivity index is 1.80. The first kappa shape index (κ1) is 17.9. The summed E-state index contributed by atoms with van der Waals surface area (Å²) in [4.78, 5) is 13.3. The van der Waals surface area contributed by atoms with E-state index >= 15 is 0 Å². The Morgan fingerprint density at radius 2 is 1.77 bits per heavy atom. The summed E-state index contributed by atoms with van der Waals surface area (Å²) in [5.41, 5.74) is 3.23. The predicted molar refractivity (Wildman–Crippen MR) is 108 cm³/mol. The van der Waals surface area contributed by atoms with Gasteiger partial charge in [0.05, 0.1) is 0 Å². The molecule has 2 aromatic carbocycles. The number of nitrogens with zero attached hydrogens (tertiary/aromatic N) is 2. The minimum absolute atomic E-state index is 0.0423. The largest absolute Gasteiger partial charge is 0.477 e. The van der Waals surface area contributed by atoms with Gasteiger partial charge < -0.3 is 10.0 Å². The molecule has 3 rings (SSSR count). The standard InChI is InChI=1S/C21H20N2O2S/c1-22(2)17-13-11-16(12-14-17)7-3-6-10-20-23(15-21(24)25)18-8-4-5-9-19(18)26-20/h3-14H,15H2,1-2H3/p+1. The second-order valence-electron chi connectivity index (χ2n) is 6.09. The van der Waals surface area contributed by atoms with Crippen molar-refractivity contribution < 1.29 is 14.5 Å². The quantitative estimate of drug-likeness (QED) is 0.529. The molecule has 1 aromatic heterocycles. The van der Waals surface area contributed by atoms with Crippen molar-refractivity contribution in [3.63, 3.8) is 0 Å². The molecule has 0 atom stereocenters. The number of hydrogen-bond acceptors (Lipinski definition) is 3. The Kier molecular flexibility index (Phi) is 5.49. The smallest absolute Gasteiger partial charge is 0.370 e. The Labute approximate surface area is 156 Å². The maximum atomic E-state index is 11.2. The number of benzene rings is 2. The number of carboxylic acids is 1. The highest BCUT2D eigenvalue weighted by Gasteiger charge is 2.20. The van der Waals surface area contributed by atoms with Crippen LogP contribution >= 0.6 is 11.3 Å². The lowest BCUT2D eigenvalue weighted by atomic mass is 10.2. The van der Waals surface area contributed by atoms with E-state index in [1.807, 2.05) is 67.2 Å². The summed E-state index contributed by atoms with van der Waals surface area (Å²) in [6.45, 7) is -0.0423. The first-order chi connectivity index (χ1) is 12.5. The van der Waals surface area contributed by atoms with Crippen LogP contribution in [0.15, 0.2) is 60.7 Å². The highest BCUT2D eigenvalue weighted by atomic mass is 32.1. The molecule has 0 aliphatic carbocycles. The van der Waals surface area contributed by atoms with Crippen LogP contribution in [0, 0.1) is 0 Å². The van der Waals surface area contributed by atoms with Gasteiger partial charge in [-0.15, -0.1) is 0 Å². The molecule has 4 nitrogen and oxygen atoms in total. The molecule has 132 valence electrons. The van der Waals surface area contributed by atoms with Crippen LogP contribution in [-0.4, -0.2) is 25.2 Å². The lowest BCUT2D eigenvalue weighted by Gasteiger charge is -2.11. The number of fused-ring (bicyclic) bond motifs is 1. The molecule has 0 unspecified atom stereocenters. The summed E-state index contributed by atoms with van der Waals surface area (Å²) in [7, 11) is 4.04. The number of anilines is 1. The summed E-state index contributed by atoms with van der Waals surface area (Å²) in [5.74, 6) is -0.843. The van der Waals surface area contributed by atoms with Crippen LogP contribution in [-0.2, 0) is 11.3 Å². The minimum atomic E-state index is -0.843. The van der Waals surface area contributed by atoms with Crippen molar-refractivity contribution in [3.8, 4) is 0 Å². The average molecular weight is 365 g/mol. The molecule has 0 spiro atoms. The van der Waals surface area contributed by atoms with Crippen LogP contribution in [0.25, 0.3) is 22.4 Å². The number of carboxylic acid groups (broad SMARTS) is 1. The molecule has 0 saturated carbocycles. The molecule has 0 fully saturated rings. The van der Waals surface area contributed by atoms with E-state index in [-0.39, 0.29) is 6.54 Å². The topological polar surface area (TPSA) is 44.4 Å².